The SMILES string of the molecule is C[C@@]1(c2ccccc2)Cc2c(cc(F)c(Cl)c2-c2c(C(N)=O)ccc(OC(F)F)c2F)O1. The summed E-state index contributed by atoms with van der Waals surface area (Å²) in [6.45, 7) is -1.56. The average molecular weight is 466 g/mol. The summed E-state index contributed by atoms with van der Waals surface area (Å²) in [5.74, 6) is -4.05. The van der Waals surface area contributed by atoms with Crippen LogP contribution in [-0.4, -0.2) is 12.5 Å². The van der Waals surface area contributed by atoms with Gasteiger partial charge < -0.3 is 15.2 Å². The van der Waals surface area contributed by atoms with Gasteiger partial charge in [-0.25, -0.2) is 8.78 Å². The number of nitrogens with two attached hydrogens (primary N) is 1. The third-order valence-electron chi connectivity index (χ3n) is 5.36. The van der Waals surface area contributed by atoms with Crippen molar-refractivity contribution in [1.29, 1.82) is 0 Å². The second kappa shape index (κ2) is 8.02. The van der Waals surface area contributed by atoms with Gasteiger partial charge in [0.25, 0.3) is 0 Å². The molecule has 1 aliphatic rings. The zero-order valence-corrected chi connectivity index (χ0v) is 17.4. The van der Waals surface area contributed by atoms with Crippen molar-refractivity contribution in [2.75, 3.05) is 0 Å². The smallest absolute Gasteiger partial charge is 0.387 e. The van der Waals surface area contributed by atoms with E-state index in [1.165, 1.54) is 0 Å². The van der Waals surface area contributed by atoms with Gasteiger partial charge in [0.15, 0.2) is 11.6 Å². The lowest BCUT2D eigenvalue weighted by Gasteiger charge is -2.24. The number of carbonyl (C=O) groups excluding carboxylic acids is 1. The standard InChI is InChI=1S/C23H16ClF4NO3/c1-23(11-5-3-2-4-6-11)10-13-16(32-23)9-14(25)19(24)17(13)18-12(21(29)30)7-8-15(20(18)26)31-22(27)28/h2-9,22H,10H2,1H3,(H2,29,30)/t23-/m0/s1. The Morgan fingerprint density at radius 2 is 1.84 bits per heavy atom. The molecule has 0 unspecified atom stereocenters. The van der Waals surface area contributed by atoms with Crippen molar-refractivity contribution < 1.29 is 31.8 Å². The van der Waals surface area contributed by atoms with E-state index in [1.54, 1.807) is 19.1 Å². The van der Waals surface area contributed by atoms with Crippen LogP contribution in [0.25, 0.3) is 11.1 Å². The lowest BCUT2D eigenvalue weighted by atomic mass is 9.86. The highest BCUT2D eigenvalue weighted by molar-refractivity contribution is 6.34. The van der Waals surface area contributed by atoms with Gasteiger partial charge in [-0.2, -0.15) is 8.78 Å². The fourth-order valence-corrected chi connectivity index (χ4v) is 4.19. The highest BCUT2D eigenvalue weighted by Crippen LogP contribution is 2.50. The first kappa shape index (κ1) is 22.0. The zero-order chi connectivity index (χ0) is 23.2. The molecule has 166 valence electrons. The molecule has 1 heterocycles. The van der Waals surface area contributed by atoms with Gasteiger partial charge in [0.1, 0.15) is 17.2 Å². The number of alkyl halides is 2. The van der Waals surface area contributed by atoms with E-state index in [9.17, 15) is 18.0 Å². The molecule has 0 fully saturated rings. The quantitative estimate of drug-likeness (QED) is 0.482. The van der Waals surface area contributed by atoms with Crippen molar-refractivity contribution in [3.05, 3.63) is 81.9 Å². The van der Waals surface area contributed by atoms with Crippen LogP contribution >= 0.6 is 11.6 Å². The number of ether oxygens (including phenoxy) is 2. The fraction of sp³-hybridized carbons (Fsp3) is 0.174. The molecular formula is C23H16ClF4NO3. The molecule has 2 N–H and O–H groups in total. The minimum absolute atomic E-state index is 0.0863. The van der Waals surface area contributed by atoms with Crippen LogP contribution in [0.2, 0.25) is 5.02 Å². The van der Waals surface area contributed by atoms with Gasteiger partial charge in [0, 0.05) is 29.2 Å². The Labute approximate surface area is 185 Å². The summed E-state index contributed by atoms with van der Waals surface area (Å²) >= 11 is 6.22. The Hall–Kier alpha value is -3.26. The van der Waals surface area contributed by atoms with E-state index in [4.69, 9.17) is 22.1 Å². The molecule has 0 radical (unpaired) electrons. The average Bonchev–Trinajstić information content (AvgIpc) is 3.08. The van der Waals surface area contributed by atoms with Crippen LogP contribution < -0.4 is 15.2 Å². The molecule has 1 aliphatic heterocycles. The second-order valence-corrected chi connectivity index (χ2v) is 7.82. The zero-order valence-electron chi connectivity index (χ0n) is 16.6. The van der Waals surface area contributed by atoms with Crippen molar-refractivity contribution in [3.8, 4) is 22.6 Å². The van der Waals surface area contributed by atoms with E-state index in [1.807, 2.05) is 18.2 Å². The van der Waals surface area contributed by atoms with Crippen LogP contribution in [0.5, 0.6) is 11.5 Å². The number of benzene rings is 3. The van der Waals surface area contributed by atoms with Crippen molar-refractivity contribution in [2.24, 2.45) is 5.73 Å². The Bertz CT molecular complexity index is 1220. The number of halogens is 5. The first-order valence-corrected chi connectivity index (χ1v) is 9.83. The van der Waals surface area contributed by atoms with Crippen LogP contribution in [0.15, 0.2) is 48.5 Å². The Kier molecular flexibility index (Phi) is 5.50. The summed E-state index contributed by atoms with van der Waals surface area (Å²) in [5.41, 5.74) is 4.41. The fourth-order valence-electron chi connectivity index (χ4n) is 3.93. The molecule has 4 nitrogen and oxygen atoms in total. The highest BCUT2D eigenvalue weighted by Gasteiger charge is 2.40. The molecule has 0 aromatic heterocycles. The van der Waals surface area contributed by atoms with Crippen LogP contribution in [0, 0.1) is 11.6 Å². The Balaban J connectivity index is 1.97. The number of hydrogen-bond acceptors (Lipinski definition) is 3. The normalized spacial score (nSPS) is 17.2. The van der Waals surface area contributed by atoms with E-state index in [2.05, 4.69) is 4.74 Å². The first-order valence-electron chi connectivity index (χ1n) is 9.45. The van der Waals surface area contributed by atoms with Crippen LogP contribution in [-0.2, 0) is 12.0 Å². The van der Waals surface area contributed by atoms with E-state index in [-0.39, 0.29) is 23.3 Å². The van der Waals surface area contributed by atoms with Gasteiger partial charge in [-0.05, 0) is 24.6 Å². The van der Waals surface area contributed by atoms with Gasteiger partial charge in [-0.15, -0.1) is 0 Å². The number of amides is 1. The Morgan fingerprint density at radius 3 is 2.47 bits per heavy atom. The maximum atomic E-state index is 15.3. The molecule has 3 aromatic rings. The lowest BCUT2D eigenvalue weighted by Crippen LogP contribution is -2.26. The summed E-state index contributed by atoms with van der Waals surface area (Å²) < 4.78 is 65.9. The molecule has 32 heavy (non-hydrogen) atoms. The molecule has 0 saturated heterocycles. The number of fused-ring (bicyclic) bond motifs is 1. The summed E-state index contributed by atoms with van der Waals surface area (Å²) in [6, 6.07) is 12.0. The van der Waals surface area contributed by atoms with Gasteiger partial charge >= 0.3 is 6.61 Å². The van der Waals surface area contributed by atoms with Crippen LogP contribution in [0.1, 0.15) is 28.4 Å². The third-order valence-corrected chi connectivity index (χ3v) is 5.73. The molecule has 1 atom stereocenters. The lowest BCUT2D eigenvalue weighted by molar-refractivity contribution is -0.0521. The third kappa shape index (κ3) is 3.64. The number of hydrogen-bond donors (Lipinski definition) is 1. The summed E-state index contributed by atoms with van der Waals surface area (Å²) in [7, 11) is 0. The van der Waals surface area contributed by atoms with E-state index >= 15 is 4.39 Å². The summed E-state index contributed by atoms with van der Waals surface area (Å²) in [6.07, 6.45) is 0.138. The van der Waals surface area contributed by atoms with Crippen molar-refractivity contribution >= 4 is 17.5 Å². The van der Waals surface area contributed by atoms with Gasteiger partial charge in [-0.3, -0.25) is 4.79 Å². The molecule has 0 bridgehead atoms. The molecule has 0 saturated carbocycles. The molecule has 9 heteroatoms. The largest absolute Gasteiger partial charge is 0.482 e. The summed E-state index contributed by atoms with van der Waals surface area (Å²) in [5, 5.41) is -0.500. The predicted octanol–water partition coefficient (Wildman–Crippen LogP) is 5.84. The molecule has 0 spiro atoms. The predicted molar refractivity (Wildman–Crippen MR) is 110 cm³/mol. The monoisotopic (exact) mass is 465 g/mol. The first-order chi connectivity index (χ1) is 15.1. The topological polar surface area (TPSA) is 61.6 Å². The molecule has 0 aliphatic carbocycles. The second-order valence-electron chi connectivity index (χ2n) is 7.44. The maximum absolute atomic E-state index is 15.3. The van der Waals surface area contributed by atoms with E-state index < -0.39 is 46.1 Å². The number of rotatable bonds is 5. The van der Waals surface area contributed by atoms with Crippen LogP contribution in [0.4, 0.5) is 17.6 Å². The highest BCUT2D eigenvalue weighted by atomic mass is 35.5. The van der Waals surface area contributed by atoms with Crippen molar-refractivity contribution in [2.45, 2.75) is 25.6 Å². The van der Waals surface area contributed by atoms with Gasteiger partial charge in [0.2, 0.25) is 5.91 Å². The van der Waals surface area contributed by atoms with Crippen molar-refractivity contribution in [1.82, 2.24) is 0 Å². The number of carbonyl (C=O) groups is 1. The van der Waals surface area contributed by atoms with E-state index in [0.29, 0.717) is 5.56 Å². The van der Waals surface area contributed by atoms with Gasteiger partial charge in [0.05, 0.1) is 10.6 Å². The maximum Gasteiger partial charge on any atom is 0.387 e. The van der Waals surface area contributed by atoms with Gasteiger partial charge in [-0.1, -0.05) is 41.9 Å². The number of primary amides is 1. The summed E-state index contributed by atoms with van der Waals surface area (Å²) in [4.78, 5) is 12.0. The van der Waals surface area contributed by atoms with E-state index in [0.717, 1.165) is 23.8 Å². The van der Waals surface area contributed by atoms with Crippen molar-refractivity contribution in [3.63, 3.8) is 0 Å². The Morgan fingerprint density at radius 1 is 1.16 bits per heavy atom. The molecule has 3 aromatic carbocycles. The molecule has 1 amide bonds. The molecular weight excluding hydrogens is 450 g/mol. The van der Waals surface area contributed by atoms with Crippen LogP contribution in [0.3, 0.4) is 0 Å². The minimum Gasteiger partial charge on any atom is -0.482 e. The minimum atomic E-state index is -3.32. The molecule has 4 rings (SSSR count).